The predicted octanol–water partition coefficient (Wildman–Crippen LogP) is 8.38. The SMILES string of the molecule is CS(=O)(=O)c1cccc(Oc2cccc(-c3nn(Cc4ccc(C(F)(F)P(=O)(O)O)c(Br)c4)c(=Nc4ccc(Cl)c(Cl)c4)s3)c2)c1. The topological polar surface area (TPSA) is 131 Å². The van der Waals surface area contributed by atoms with E-state index < -0.39 is 28.7 Å². The highest BCUT2D eigenvalue weighted by atomic mass is 79.9. The van der Waals surface area contributed by atoms with Gasteiger partial charge in [-0.3, -0.25) is 4.57 Å². The molecule has 240 valence electrons. The molecule has 0 spiro atoms. The smallest absolute Gasteiger partial charge is 0.399 e. The van der Waals surface area contributed by atoms with Gasteiger partial charge in [-0.15, -0.1) is 0 Å². The molecule has 0 aliphatic rings. The Hall–Kier alpha value is -2.94. The number of hydrogen-bond acceptors (Lipinski definition) is 7. The fourth-order valence-corrected chi connectivity index (χ4v) is 7.31. The maximum atomic E-state index is 14.4. The van der Waals surface area contributed by atoms with Gasteiger partial charge in [0, 0.05) is 21.9 Å². The Morgan fingerprint density at radius 2 is 1.70 bits per heavy atom. The largest absolute Gasteiger partial charge is 0.457 e. The third-order valence-electron chi connectivity index (χ3n) is 6.35. The minimum absolute atomic E-state index is 0.0471. The Balaban J connectivity index is 1.54. The van der Waals surface area contributed by atoms with Crippen LogP contribution < -0.4 is 9.54 Å². The molecule has 0 saturated carbocycles. The maximum Gasteiger partial charge on any atom is 0.399 e. The molecule has 0 fully saturated rings. The summed E-state index contributed by atoms with van der Waals surface area (Å²) in [7, 11) is -9.21. The molecule has 0 unspecified atom stereocenters. The van der Waals surface area contributed by atoms with Crippen molar-refractivity contribution < 1.29 is 36.3 Å². The van der Waals surface area contributed by atoms with Crippen LogP contribution >= 0.6 is 58.1 Å². The van der Waals surface area contributed by atoms with Gasteiger partial charge in [0.2, 0.25) is 4.80 Å². The average molecular weight is 791 g/mol. The van der Waals surface area contributed by atoms with Crippen molar-refractivity contribution in [2.45, 2.75) is 17.1 Å². The number of ether oxygens (including phenoxy) is 1. The zero-order valence-electron chi connectivity index (χ0n) is 23.3. The van der Waals surface area contributed by atoms with E-state index in [1.807, 2.05) is 0 Å². The molecule has 2 N–H and O–H groups in total. The van der Waals surface area contributed by atoms with Gasteiger partial charge in [-0.2, -0.15) is 13.9 Å². The van der Waals surface area contributed by atoms with Gasteiger partial charge in [0.15, 0.2) is 9.84 Å². The maximum absolute atomic E-state index is 14.4. The number of alkyl halides is 2. The van der Waals surface area contributed by atoms with Crippen LogP contribution in [0.25, 0.3) is 10.6 Å². The Morgan fingerprint density at radius 1 is 1.00 bits per heavy atom. The summed E-state index contributed by atoms with van der Waals surface area (Å²) >= 11 is 16.5. The number of aromatic nitrogens is 2. The van der Waals surface area contributed by atoms with Crippen molar-refractivity contribution in [3.63, 3.8) is 0 Å². The van der Waals surface area contributed by atoms with Gasteiger partial charge in [-0.25, -0.2) is 18.1 Å². The zero-order valence-corrected chi connectivity index (χ0v) is 28.9. The summed E-state index contributed by atoms with van der Waals surface area (Å²) < 4.78 is 71.4. The highest BCUT2D eigenvalue weighted by molar-refractivity contribution is 9.10. The highest BCUT2D eigenvalue weighted by Crippen LogP contribution is 2.60. The van der Waals surface area contributed by atoms with Crippen molar-refractivity contribution in [2.24, 2.45) is 4.99 Å². The van der Waals surface area contributed by atoms with Crippen LogP contribution in [0.2, 0.25) is 10.0 Å². The fraction of sp³-hybridized carbons (Fsp3) is 0.103. The normalized spacial score (nSPS) is 12.8. The number of rotatable bonds is 9. The molecule has 0 radical (unpaired) electrons. The minimum Gasteiger partial charge on any atom is -0.457 e. The van der Waals surface area contributed by atoms with E-state index in [1.165, 1.54) is 40.3 Å². The van der Waals surface area contributed by atoms with Crippen molar-refractivity contribution in [2.75, 3.05) is 6.26 Å². The average Bonchev–Trinajstić information content (AvgIpc) is 3.36. The molecule has 0 amide bonds. The monoisotopic (exact) mass is 789 g/mol. The molecule has 0 saturated heterocycles. The molecular weight excluding hydrogens is 770 g/mol. The van der Waals surface area contributed by atoms with Gasteiger partial charge in [-0.05, 0) is 60.2 Å². The van der Waals surface area contributed by atoms with E-state index in [9.17, 15) is 21.8 Å². The van der Waals surface area contributed by atoms with E-state index in [0.29, 0.717) is 43.1 Å². The summed E-state index contributed by atoms with van der Waals surface area (Å²) in [6.07, 6.45) is 1.11. The molecule has 9 nitrogen and oxygen atoms in total. The molecule has 46 heavy (non-hydrogen) atoms. The van der Waals surface area contributed by atoms with Crippen LogP contribution in [0.1, 0.15) is 11.1 Å². The van der Waals surface area contributed by atoms with E-state index in [-0.39, 0.29) is 20.9 Å². The van der Waals surface area contributed by atoms with Crippen LogP contribution in [0.3, 0.4) is 0 Å². The fourth-order valence-electron chi connectivity index (χ4n) is 4.10. The first kappa shape index (κ1) is 34.4. The third-order valence-corrected chi connectivity index (χ3v) is 10.8. The first-order valence-electron chi connectivity index (χ1n) is 12.9. The summed E-state index contributed by atoms with van der Waals surface area (Å²) in [5, 5.41) is 5.85. The minimum atomic E-state index is -5.77. The molecule has 4 aromatic carbocycles. The number of nitrogens with zero attached hydrogens (tertiary/aromatic N) is 3. The van der Waals surface area contributed by atoms with Crippen LogP contribution in [-0.4, -0.2) is 34.2 Å². The Labute approximate surface area is 284 Å². The van der Waals surface area contributed by atoms with Crippen molar-refractivity contribution in [3.05, 3.63) is 115 Å². The highest BCUT2D eigenvalue weighted by Gasteiger charge is 2.51. The van der Waals surface area contributed by atoms with Crippen LogP contribution in [0, 0.1) is 0 Å². The molecular formula is C29H21BrCl2F2N3O6PS2. The predicted molar refractivity (Wildman–Crippen MR) is 176 cm³/mol. The molecule has 1 heterocycles. The van der Waals surface area contributed by atoms with Crippen molar-refractivity contribution in [1.29, 1.82) is 0 Å². The lowest BCUT2D eigenvalue weighted by Gasteiger charge is -2.19. The molecule has 0 aliphatic heterocycles. The zero-order chi connectivity index (χ0) is 33.4. The lowest BCUT2D eigenvalue weighted by molar-refractivity contribution is 0.0557. The first-order chi connectivity index (χ1) is 21.5. The molecule has 0 aliphatic carbocycles. The molecule has 5 aromatic rings. The lowest BCUT2D eigenvalue weighted by Crippen LogP contribution is -2.18. The number of halogens is 5. The summed E-state index contributed by atoms with van der Waals surface area (Å²) in [6, 6.07) is 21.5. The van der Waals surface area contributed by atoms with Crippen LogP contribution in [0.4, 0.5) is 14.5 Å². The quantitative estimate of drug-likeness (QED) is 0.144. The van der Waals surface area contributed by atoms with E-state index in [0.717, 1.165) is 12.3 Å². The van der Waals surface area contributed by atoms with Crippen LogP contribution in [-0.2, 0) is 26.6 Å². The van der Waals surface area contributed by atoms with E-state index in [2.05, 4.69) is 20.9 Å². The Bertz CT molecular complexity index is 2190. The standard InChI is InChI=1S/C29H21BrCl2F2N3O6PS2/c1-46(41,42)22-7-3-6-21(15-22)43-20-5-2-4-18(13-20)27-36-37(28(45-27)35-19-9-11-25(31)26(32)14-19)16-17-8-10-23(24(30)12-17)29(33,34)44(38,39)40/h2-15H,16H2,1H3,(H2,38,39,40). The Morgan fingerprint density at radius 3 is 2.35 bits per heavy atom. The van der Waals surface area contributed by atoms with Crippen LogP contribution in [0.15, 0.2) is 99.3 Å². The summed E-state index contributed by atoms with van der Waals surface area (Å²) in [5.74, 6) is 0.737. The Kier molecular flexibility index (Phi) is 9.93. The second kappa shape index (κ2) is 13.3. The van der Waals surface area contributed by atoms with Crippen molar-refractivity contribution >= 4 is 73.6 Å². The first-order valence-corrected chi connectivity index (χ1v) is 18.8. The van der Waals surface area contributed by atoms with E-state index >= 15 is 0 Å². The number of benzene rings is 4. The third kappa shape index (κ3) is 7.77. The van der Waals surface area contributed by atoms with Crippen LogP contribution in [0.5, 0.6) is 11.5 Å². The molecule has 0 bridgehead atoms. The van der Waals surface area contributed by atoms with Gasteiger partial charge in [0.1, 0.15) is 16.5 Å². The molecule has 5 rings (SSSR count). The van der Waals surface area contributed by atoms with Gasteiger partial charge in [-0.1, -0.05) is 80.8 Å². The van der Waals surface area contributed by atoms with Gasteiger partial charge in [0.05, 0.1) is 27.2 Å². The van der Waals surface area contributed by atoms with Crippen molar-refractivity contribution in [1.82, 2.24) is 9.78 Å². The van der Waals surface area contributed by atoms with Gasteiger partial charge in [0.25, 0.3) is 0 Å². The lowest BCUT2D eigenvalue weighted by atomic mass is 10.1. The summed E-state index contributed by atoms with van der Waals surface area (Å²) in [4.78, 5) is 23.5. The van der Waals surface area contributed by atoms with Gasteiger partial charge < -0.3 is 14.5 Å². The number of hydrogen-bond donors (Lipinski definition) is 2. The second-order valence-corrected chi connectivity index (χ2v) is 16.1. The van der Waals surface area contributed by atoms with Gasteiger partial charge >= 0.3 is 13.3 Å². The molecule has 0 atom stereocenters. The van der Waals surface area contributed by atoms with E-state index in [4.69, 9.17) is 42.8 Å². The molecule has 17 heteroatoms. The second-order valence-electron chi connectivity index (χ2n) is 9.83. The summed E-state index contributed by atoms with van der Waals surface area (Å²) in [6.45, 7) is 0.0471. The van der Waals surface area contributed by atoms with Crippen molar-refractivity contribution in [3.8, 4) is 22.1 Å². The molecule has 1 aromatic heterocycles. The summed E-state index contributed by atoms with van der Waals surface area (Å²) in [5.41, 5.74) is -3.65. The van der Waals surface area contributed by atoms with E-state index in [1.54, 1.807) is 54.6 Å². The number of sulfone groups is 1.